The van der Waals surface area contributed by atoms with Gasteiger partial charge in [-0.1, -0.05) is 11.6 Å². The van der Waals surface area contributed by atoms with Crippen molar-refractivity contribution >= 4 is 17.5 Å². The average Bonchev–Trinajstić information content (AvgIpc) is 2.15. The molecule has 0 saturated heterocycles. The first kappa shape index (κ1) is 10.5. The Morgan fingerprint density at radius 1 is 1.46 bits per heavy atom. The molecule has 2 N–H and O–H groups in total. The van der Waals surface area contributed by atoms with E-state index in [0.29, 0.717) is 17.2 Å². The lowest BCUT2D eigenvalue weighted by Crippen LogP contribution is -2.28. The molecule has 1 rings (SSSR count). The molecule has 0 aromatic heterocycles. The molecule has 4 heteroatoms. The van der Waals surface area contributed by atoms with Crippen molar-refractivity contribution in [2.75, 3.05) is 13.2 Å². The summed E-state index contributed by atoms with van der Waals surface area (Å²) < 4.78 is 0. The summed E-state index contributed by atoms with van der Waals surface area (Å²) in [5.74, 6) is -0.126. The minimum atomic E-state index is -0.126. The van der Waals surface area contributed by atoms with Crippen LogP contribution in [0.2, 0.25) is 0 Å². The van der Waals surface area contributed by atoms with Gasteiger partial charge in [0.25, 0.3) is 0 Å². The number of carbonyl (C=O) groups excluding carboxylic acids is 1. The van der Waals surface area contributed by atoms with Crippen LogP contribution >= 0.6 is 11.6 Å². The zero-order chi connectivity index (χ0) is 9.68. The van der Waals surface area contributed by atoms with Gasteiger partial charge in [-0.05, 0) is 25.7 Å². The maximum Gasteiger partial charge on any atom is 0.248 e. The fourth-order valence-corrected chi connectivity index (χ4v) is 1.70. The van der Waals surface area contributed by atoms with Gasteiger partial charge in [-0.3, -0.25) is 4.79 Å². The van der Waals surface area contributed by atoms with Crippen molar-refractivity contribution in [3.63, 3.8) is 0 Å². The third kappa shape index (κ3) is 3.01. The number of aliphatic hydroxyl groups is 1. The summed E-state index contributed by atoms with van der Waals surface area (Å²) >= 11 is 5.91. The highest BCUT2D eigenvalue weighted by molar-refractivity contribution is 6.31. The average molecular weight is 204 g/mol. The summed E-state index contributed by atoms with van der Waals surface area (Å²) in [5, 5.41) is 11.8. The first-order valence-corrected chi connectivity index (χ1v) is 4.90. The Morgan fingerprint density at radius 3 is 2.77 bits per heavy atom. The largest absolute Gasteiger partial charge is 0.395 e. The zero-order valence-electron chi connectivity index (χ0n) is 7.48. The molecular formula is C9H14ClNO2. The summed E-state index contributed by atoms with van der Waals surface area (Å²) in [5.41, 5.74) is 0.696. The Balaban J connectivity index is 2.53. The normalized spacial score (nSPS) is 17.4. The van der Waals surface area contributed by atoms with E-state index < -0.39 is 0 Å². The Kier molecular flexibility index (Phi) is 4.25. The van der Waals surface area contributed by atoms with Crippen molar-refractivity contribution in [1.82, 2.24) is 5.32 Å². The van der Waals surface area contributed by atoms with E-state index in [1.165, 1.54) is 0 Å². The number of allylic oxidation sites excluding steroid dienone is 1. The van der Waals surface area contributed by atoms with Crippen LogP contribution in [0.4, 0.5) is 0 Å². The minimum Gasteiger partial charge on any atom is -0.395 e. The Hall–Kier alpha value is -0.540. The van der Waals surface area contributed by atoms with Crippen molar-refractivity contribution in [3.05, 3.63) is 10.6 Å². The molecule has 0 fully saturated rings. The van der Waals surface area contributed by atoms with Crippen LogP contribution in [0.15, 0.2) is 10.6 Å². The molecule has 0 aliphatic heterocycles. The smallest absolute Gasteiger partial charge is 0.248 e. The van der Waals surface area contributed by atoms with Gasteiger partial charge in [-0.25, -0.2) is 0 Å². The SMILES string of the molecule is O=C(NCCO)C1=C(Cl)CCCC1. The molecule has 1 amide bonds. The molecule has 0 saturated carbocycles. The molecule has 0 radical (unpaired) electrons. The van der Waals surface area contributed by atoms with Gasteiger partial charge in [-0.2, -0.15) is 0 Å². The number of nitrogens with one attached hydrogen (secondary N) is 1. The van der Waals surface area contributed by atoms with Gasteiger partial charge in [0.1, 0.15) is 0 Å². The quantitative estimate of drug-likeness (QED) is 0.724. The van der Waals surface area contributed by atoms with E-state index in [4.69, 9.17) is 16.7 Å². The number of hydrogen-bond donors (Lipinski definition) is 2. The molecule has 0 atom stereocenters. The fraction of sp³-hybridized carbons (Fsp3) is 0.667. The second-order valence-corrected chi connectivity index (χ2v) is 3.53. The number of hydrogen-bond acceptors (Lipinski definition) is 2. The van der Waals surface area contributed by atoms with Crippen LogP contribution < -0.4 is 5.32 Å². The van der Waals surface area contributed by atoms with Crippen LogP contribution in [-0.4, -0.2) is 24.2 Å². The van der Waals surface area contributed by atoms with Gasteiger partial charge < -0.3 is 10.4 Å². The molecule has 1 aliphatic carbocycles. The molecule has 0 spiro atoms. The van der Waals surface area contributed by atoms with Gasteiger partial charge in [0.15, 0.2) is 0 Å². The predicted molar refractivity (Wildman–Crippen MR) is 51.4 cm³/mol. The summed E-state index contributed by atoms with van der Waals surface area (Å²) in [4.78, 5) is 11.4. The lowest BCUT2D eigenvalue weighted by Gasteiger charge is -2.15. The highest BCUT2D eigenvalue weighted by Gasteiger charge is 2.16. The van der Waals surface area contributed by atoms with Crippen molar-refractivity contribution < 1.29 is 9.90 Å². The molecule has 3 nitrogen and oxygen atoms in total. The lowest BCUT2D eigenvalue weighted by atomic mass is 9.99. The molecule has 0 aromatic rings. The summed E-state index contributed by atoms with van der Waals surface area (Å²) in [6, 6.07) is 0. The standard InChI is InChI=1S/C9H14ClNO2/c10-8-4-2-1-3-7(8)9(13)11-5-6-12/h12H,1-6H2,(H,11,13). The maximum absolute atomic E-state index is 11.4. The fourth-order valence-electron chi connectivity index (χ4n) is 1.38. The number of aliphatic hydroxyl groups excluding tert-OH is 1. The monoisotopic (exact) mass is 203 g/mol. The first-order valence-electron chi connectivity index (χ1n) is 4.52. The van der Waals surface area contributed by atoms with E-state index >= 15 is 0 Å². The van der Waals surface area contributed by atoms with Crippen molar-refractivity contribution in [2.45, 2.75) is 25.7 Å². The van der Waals surface area contributed by atoms with Crippen LogP contribution in [-0.2, 0) is 4.79 Å². The number of rotatable bonds is 3. The molecule has 0 unspecified atom stereocenters. The van der Waals surface area contributed by atoms with Gasteiger partial charge in [-0.15, -0.1) is 0 Å². The second kappa shape index (κ2) is 5.25. The summed E-state index contributed by atoms with van der Waals surface area (Å²) in [7, 11) is 0. The predicted octanol–water partition coefficient (Wildman–Crippen LogP) is 1.16. The molecule has 0 aromatic carbocycles. The highest BCUT2D eigenvalue weighted by Crippen LogP contribution is 2.27. The van der Waals surface area contributed by atoms with E-state index in [1.807, 2.05) is 0 Å². The van der Waals surface area contributed by atoms with Crippen LogP contribution in [0.3, 0.4) is 0 Å². The molecule has 74 valence electrons. The van der Waals surface area contributed by atoms with Gasteiger partial charge in [0.2, 0.25) is 5.91 Å². The van der Waals surface area contributed by atoms with Crippen LogP contribution in [0, 0.1) is 0 Å². The van der Waals surface area contributed by atoms with Crippen LogP contribution in [0.1, 0.15) is 25.7 Å². The summed E-state index contributed by atoms with van der Waals surface area (Å²) in [6.45, 7) is 0.267. The highest BCUT2D eigenvalue weighted by atomic mass is 35.5. The molecule has 1 aliphatic rings. The number of halogens is 1. The van der Waals surface area contributed by atoms with Crippen molar-refractivity contribution in [2.24, 2.45) is 0 Å². The summed E-state index contributed by atoms with van der Waals surface area (Å²) in [6.07, 6.45) is 3.66. The van der Waals surface area contributed by atoms with Gasteiger partial charge in [0.05, 0.1) is 6.61 Å². The number of amides is 1. The molecular weight excluding hydrogens is 190 g/mol. The van der Waals surface area contributed by atoms with E-state index in [0.717, 1.165) is 25.7 Å². The Bertz CT molecular complexity index is 226. The minimum absolute atomic E-state index is 0.0311. The number of carbonyl (C=O) groups is 1. The second-order valence-electron chi connectivity index (χ2n) is 3.07. The van der Waals surface area contributed by atoms with Gasteiger partial charge >= 0.3 is 0 Å². The molecule has 13 heavy (non-hydrogen) atoms. The van der Waals surface area contributed by atoms with E-state index in [2.05, 4.69) is 5.32 Å². The lowest BCUT2D eigenvalue weighted by molar-refractivity contribution is -0.117. The van der Waals surface area contributed by atoms with Crippen molar-refractivity contribution in [1.29, 1.82) is 0 Å². The zero-order valence-corrected chi connectivity index (χ0v) is 8.23. The molecule has 0 heterocycles. The maximum atomic E-state index is 11.4. The van der Waals surface area contributed by atoms with Gasteiger partial charge in [0, 0.05) is 17.2 Å². The van der Waals surface area contributed by atoms with E-state index in [1.54, 1.807) is 0 Å². The van der Waals surface area contributed by atoms with Crippen molar-refractivity contribution in [3.8, 4) is 0 Å². The third-order valence-electron chi connectivity index (χ3n) is 2.07. The Labute approximate surface area is 82.8 Å². The van der Waals surface area contributed by atoms with E-state index in [9.17, 15) is 4.79 Å². The molecule has 0 bridgehead atoms. The first-order chi connectivity index (χ1) is 6.25. The van der Waals surface area contributed by atoms with E-state index in [-0.39, 0.29) is 12.5 Å². The topological polar surface area (TPSA) is 49.3 Å². The van der Waals surface area contributed by atoms with Crippen LogP contribution in [0.5, 0.6) is 0 Å². The third-order valence-corrected chi connectivity index (χ3v) is 2.49. The van der Waals surface area contributed by atoms with Crippen LogP contribution in [0.25, 0.3) is 0 Å². The Morgan fingerprint density at radius 2 is 2.15 bits per heavy atom.